The molecular formula is C23H31N3O3S. The third-order valence-electron chi connectivity index (χ3n) is 6.34. The first kappa shape index (κ1) is 21.3. The fourth-order valence-corrected chi connectivity index (χ4v) is 5.73. The summed E-state index contributed by atoms with van der Waals surface area (Å²) in [4.78, 5) is 0.310. The molecule has 4 rings (SSSR count). The van der Waals surface area contributed by atoms with Gasteiger partial charge in [0.15, 0.2) is 0 Å². The summed E-state index contributed by atoms with van der Waals surface area (Å²) < 4.78 is 34.3. The summed E-state index contributed by atoms with van der Waals surface area (Å²) in [5.41, 5.74) is 2.72. The number of aryl methyl sites for hydroxylation is 1. The van der Waals surface area contributed by atoms with Crippen molar-refractivity contribution in [2.75, 3.05) is 31.6 Å². The summed E-state index contributed by atoms with van der Waals surface area (Å²) in [7, 11) is -3.56. The lowest BCUT2D eigenvalue weighted by Crippen LogP contribution is -2.53. The van der Waals surface area contributed by atoms with Crippen molar-refractivity contribution >= 4 is 15.7 Å². The monoisotopic (exact) mass is 429 g/mol. The minimum atomic E-state index is -3.56. The molecule has 7 heteroatoms. The highest BCUT2D eigenvalue weighted by Crippen LogP contribution is 2.35. The highest BCUT2D eigenvalue weighted by atomic mass is 32.2. The predicted octanol–water partition coefficient (Wildman–Crippen LogP) is 3.00. The van der Waals surface area contributed by atoms with E-state index in [1.165, 1.54) is 5.56 Å². The van der Waals surface area contributed by atoms with Gasteiger partial charge in [-0.1, -0.05) is 30.3 Å². The molecule has 0 spiro atoms. The van der Waals surface area contributed by atoms with Crippen LogP contribution < -0.4 is 15.4 Å². The molecule has 0 unspecified atom stereocenters. The summed E-state index contributed by atoms with van der Waals surface area (Å²) in [6.45, 7) is 6.98. The number of benzene rings is 2. The first-order valence-corrected chi connectivity index (χ1v) is 12.1. The summed E-state index contributed by atoms with van der Waals surface area (Å²) in [6.07, 6.45) is 1.99. The topological polar surface area (TPSA) is 79.5 Å². The standard InChI is InChI=1S/C23H31N3O3S/c1-17-14-21(30(27,28)26-18(2)19-10-12-24-13-11-19)8-9-22(17)25-23(15-29-16-23)20-6-4-3-5-7-20/h3-9,14,18-19,24-26H,10-13,15-16H2,1-2H3/t18-/m1/s1. The Morgan fingerprint density at radius 3 is 2.40 bits per heavy atom. The molecule has 0 bridgehead atoms. The second kappa shape index (κ2) is 8.67. The smallest absolute Gasteiger partial charge is 0.240 e. The van der Waals surface area contributed by atoms with Gasteiger partial charge in [0.1, 0.15) is 5.54 Å². The van der Waals surface area contributed by atoms with Crippen molar-refractivity contribution in [2.45, 2.75) is 43.2 Å². The van der Waals surface area contributed by atoms with Crippen molar-refractivity contribution in [1.29, 1.82) is 0 Å². The van der Waals surface area contributed by atoms with Crippen LogP contribution in [0.2, 0.25) is 0 Å². The molecule has 2 heterocycles. The Labute approximate surface area is 179 Å². The molecule has 0 aliphatic carbocycles. The number of anilines is 1. The number of nitrogens with one attached hydrogen (secondary N) is 3. The summed E-state index contributed by atoms with van der Waals surface area (Å²) >= 11 is 0. The third kappa shape index (κ3) is 4.39. The number of ether oxygens (including phenoxy) is 1. The average Bonchev–Trinajstić information content (AvgIpc) is 2.72. The van der Waals surface area contributed by atoms with Crippen LogP contribution in [0.3, 0.4) is 0 Å². The lowest BCUT2D eigenvalue weighted by atomic mass is 9.87. The van der Waals surface area contributed by atoms with E-state index in [0.717, 1.165) is 37.2 Å². The molecule has 162 valence electrons. The molecular weight excluding hydrogens is 398 g/mol. The van der Waals surface area contributed by atoms with Crippen LogP contribution in [0.4, 0.5) is 5.69 Å². The fourth-order valence-electron chi connectivity index (χ4n) is 4.33. The van der Waals surface area contributed by atoms with Crippen LogP contribution in [0.5, 0.6) is 0 Å². The van der Waals surface area contributed by atoms with Gasteiger partial charge in [-0.2, -0.15) is 0 Å². The van der Waals surface area contributed by atoms with Gasteiger partial charge in [0.25, 0.3) is 0 Å². The molecule has 0 radical (unpaired) electrons. The van der Waals surface area contributed by atoms with Gasteiger partial charge in [-0.05, 0) is 75.0 Å². The van der Waals surface area contributed by atoms with Gasteiger partial charge in [-0.25, -0.2) is 13.1 Å². The molecule has 3 N–H and O–H groups in total. The Morgan fingerprint density at radius 1 is 1.10 bits per heavy atom. The zero-order valence-electron chi connectivity index (χ0n) is 17.6. The average molecular weight is 430 g/mol. The maximum absolute atomic E-state index is 13.0. The molecule has 6 nitrogen and oxygen atoms in total. The van der Waals surface area contributed by atoms with Crippen molar-refractivity contribution in [2.24, 2.45) is 5.92 Å². The number of sulfonamides is 1. The molecule has 2 aliphatic heterocycles. The quantitative estimate of drug-likeness (QED) is 0.631. The highest BCUT2D eigenvalue weighted by molar-refractivity contribution is 7.89. The Kier molecular flexibility index (Phi) is 6.16. The first-order chi connectivity index (χ1) is 14.4. The number of piperidine rings is 1. The van der Waals surface area contributed by atoms with E-state index in [2.05, 4.69) is 27.5 Å². The van der Waals surface area contributed by atoms with Crippen LogP contribution >= 0.6 is 0 Å². The van der Waals surface area contributed by atoms with Crippen molar-refractivity contribution in [1.82, 2.24) is 10.0 Å². The van der Waals surface area contributed by atoms with E-state index in [0.29, 0.717) is 24.0 Å². The van der Waals surface area contributed by atoms with E-state index in [-0.39, 0.29) is 11.6 Å². The van der Waals surface area contributed by atoms with E-state index in [1.54, 1.807) is 12.1 Å². The van der Waals surface area contributed by atoms with Crippen molar-refractivity contribution < 1.29 is 13.2 Å². The van der Waals surface area contributed by atoms with Crippen molar-refractivity contribution in [3.8, 4) is 0 Å². The van der Waals surface area contributed by atoms with Crippen LogP contribution in [-0.4, -0.2) is 40.8 Å². The van der Waals surface area contributed by atoms with Crippen LogP contribution in [0.1, 0.15) is 30.9 Å². The molecule has 1 atom stereocenters. The fraction of sp³-hybridized carbons (Fsp3) is 0.478. The van der Waals surface area contributed by atoms with E-state index in [4.69, 9.17) is 4.74 Å². The minimum absolute atomic E-state index is 0.0799. The zero-order chi connectivity index (χ0) is 21.2. The first-order valence-electron chi connectivity index (χ1n) is 10.6. The highest BCUT2D eigenvalue weighted by Gasteiger charge is 2.40. The van der Waals surface area contributed by atoms with Gasteiger partial charge in [0.05, 0.1) is 18.1 Å². The second-order valence-corrected chi connectivity index (χ2v) is 10.3. The molecule has 2 aromatic rings. The summed E-state index contributed by atoms with van der Waals surface area (Å²) in [5.74, 6) is 0.368. The van der Waals surface area contributed by atoms with E-state index in [9.17, 15) is 8.42 Å². The van der Waals surface area contributed by atoms with Gasteiger partial charge in [-0.15, -0.1) is 0 Å². The van der Waals surface area contributed by atoms with Crippen molar-refractivity contribution in [3.05, 3.63) is 59.7 Å². The van der Waals surface area contributed by atoms with Gasteiger partial charge < -0.3 is 15.4 Å². The number of hydrogen-bond acceptors (Lipinski definition) is 5. The van der Waals surface area contributed by atoms with E-state index in [1.807, 2.05) is 38.1 Å². The maximum Gasteiger partial charge on any atom is 0.240 e. The molecule has 0 aromatic heterocycles. The molecule has 2 aromatic carbocycles. The molecule has 2 saturated heterocycles. The lowest BCUT2D eigenvalue weighted by molar-refractivity contribution is -0.0447. The molecule has 0 amide bonds. The minimum Gasteiger partial charge on any atom is -0.376 e. The molecule has 2 aliphatic rings. The maximum atomic E-state index is 13.0. The molecule has 0 saturated carbocycles. The Morgan fingerprint density at radius 2 is 1.80 bits per heavy atom. The number of rotatable bonds is 7. The molecule has 2 fully saturated rings. The normalized spacial score (nSPS) is 20.3. The van der Waals surface area contributed by atoms with Crippen LogP contribution in [0.15, 0.2) is 53.4 Å². The Hall–Kier alpha value is -1.93. The number of hydrogen-bond donors (Lipinski definition) is 3. The summed E-state index contributed by atoms with van der Waals surface area (Å²) in [5, 5.41) is 6.93. The SMILES string of the molecule is Cc1cc(S(=O)(=O)N[C@H](C)C2CCNCC2)ccc1NC1(c2ccccc2)COC1. The summed E-state index contributed by atoms with van der Waals surface area (Å²) in [6, 6.07) is 15.4. The van der Waals surface area contributed by atoms with Gasteiger partial charge in [0.2, 0.25) is 10.0 Å². The van der Waals surface area contributed by atoms with Crippen LogP contribution in [0, 0.1) is 12.8 Å². The Bertz CT molecular complexity index is 968. The zero-order valence-corrected chi connectivity index (χ0v) is 18.5. The third-order valence-corrected chi connectivity index (χ3v) is 7.89. The largest absolute Gasteiger partial charge is 0.376 e. The van der Waals surface area contributed by atoms with Crippen molar-refractivity contribution in [3.63, 3.8) is 0 Å². The predicted molar refractivity (Wildman–Crippen MR) is 119 cm³/mol. The van der Waals surface area contributed by atoms with Gasteiger partial charge in [-0.3, -0.25) is 0 Å². The lowest BCUT2D eigenvalue weighted by Gasteiger charge is -2.43. The van der Waals surface area contributed by atoms with E-state index < -0.39 is 10.0 Å². The van der Waals surface area contributed by atoms with E-state index >= 15 is 0 Å². The molecule has 30 heavy (non-hydrogen) atoms. The van der Waals surface area contributed by atoms with Gasteiger partial charge in [0, 0.05) is 11.7 Å². The van der Waals surface area contributed by atoms with Gasteiger partial charge >= 0.3 is 0 Å². The Balaban J connectivity index is 1.50. The van der Waals surface area contributed by atoms with Crippen LogP contribution in [-0.2, 0) is 20.3 Å². The van der Waals surface area contributed by atoms with Crippen LogP contribution in [0.25, 0.3) is 0 Å². The second-order valence-electron chi connectivity index (χ2n) is 8.54.